The molecule has 1 unspecified atom stereocenters. The van der Waals surface area contributed by atoms with Gasteiger partial charge in [0.05, 0.1) is 6.07 Å². The summed E-state index contributed by atoms with van der Waals surface area (Å²) in [5.74, 6) is -1.35. The van der Waals surface area contributed by atoms with Crippen molar-refractivity contribution in [2.45, 2.75) is 5.92 Å². The highest BCUT2D eigenvalue weighted by atomic mass is 79.9. The van der Waals surface area contributed by atoms with Gasteiger partial charge in [-0.3, -0.25) is 4.79 Å². The van der Waals surface area contributed by atoms with Crippen LogP contribution in [-0.4, -0.2) is 5.78 Å². The molecule has 2 nitrogen and oxygen atoms in total. The van der Waals surface area contributed by atoms with Crippen molar-refractivity contribution in [2.75, 3.05) is 0 Å². The van der Waals surface area contributed by atoms with Gasteiger partial charge in [-0.1, -0.05) is 57.3 Å². The van der Waals surface area contributed by atoms with Crippen molar-refractivity contribution in [3.8, 4) is 6.07 Å². The molecule has 0 saturated heterocycles. The summed E-state index contributed by atoms with van der Waals surface area (Å²) < 4.78 is 0.769. The van der Waals surface area contributed by atoms with Gasteiger partial charge in [0.15, 0.2) is 5.78 Å². The van der Waals surface area contributed by atoms with Crippen LogP contribution in [0.15, 0.2) is 46.9 Å². The SMILES string of the molecule is N#CC(C(=O)c1cccc(Br)c1)c1c(Cl)cccc1Cl. The lowest BCUT2D eigenvalue weighted by Crippen LogP contribution is -2.12. The molecule has 0 heterocycles. The van der Waals surface area contributed by atoms with E-state index < -0.39 is 5.92 Å². The normalized spacial score (nSPS) is 11.7. The van der Waals surface area contributed by atoms with Gasteiger partial charge < -0.3 is 0 Å². The number of benzene rings is 2. The van der Waals surface area contributed by atoms with E-state index in [0.717, 1.165) is 4.47 Å². The Morgan fingerprint density at radius 1 is 1.15 bits per heavy atom. The number of hydrogen-bond acceptors (Lipinski definition) is 2. The average molecular weight is 369 g/mol. The maximum Gasteiger partial charge on any atom is 0.184 e. The van der Waals surface area contributed by atoms with Gasteiger partial charge in [0.1, 0.15) is 5.92 Å². The standard InChI is InChI=1S/C15H8BrCl2NO/c16-10-4-1-3-9(7-10)15(20)11(8-19)14-12(17)5-2-6-13(14)18/h1-7,11H. The van der Waals surface area contributed by atoms with Crippen molar-refractivity contribution in [1.82, 2.24) is 0 Å². The monoisotopic (exact) mass is 367 g/mol. The molecule has 0 aromatic heterocycles. The number of nitriles is 1. The second-order valence-electron chi connectivity index (χ2n) is 4.07. The van der Waals surface area contributed by atoms with Gasteiger partial charge in [0.2, 0.25) is 0 Å². The molecular weight excluding hydrogens is 361 g/mol. The van der Waals surface area contributed by atoms with Gasteiger partial charge in [-0.2, -0.15) is 5.26 Å². The molecule has 2 rings (SSSR count). The van der Waals surface area contributed by atoms with Crippen molar-refractivity contribution in [1.29, 1.82) is 5.26 Å². The van der Waals surface area contributed by atoms with E-state index in [1.807, 2.05) is 6.07 Å². The molecule has 0 N–H and O–H groups in total. The number of halogens is 3. The molecule has 0 spiro atoms. The zero-order valence-corrected chi connectivity index (χ0v) is 13.2. The quantitative estimate of drug-likeness (QED) is 0.694. The van der Waals surface area contributed by atoms with Crippen molar-refractivity contribution in [2.24, 2.45) is 0 Å². The Hall–Kier alpha value is -1.34. The minimum absolute atomic E-state index is 0.312. The molecule has 0 radical (unpaired) electrons. The van der Waals surface area contributed by atoms with Crippen LogP contribution in [0.4, 0.5) is 0 Å². The van der Waals surface area contributed by atoms with E-state index >= 15 is 0 Å². The molecular formula is C15H8BrCl2NO. The average Bonchev–Trinajstić information content (AvgIpc) is 2.42. The summed E-state index contributed by atoms with van der Waals surface area (Å²) in [7, 11) is 0. The molecule has 0 fully saturated rings. The maximum absolute atomic E-state index is 12.5. The fourth-order valence-electron chi connectivity index (χ4n) is 1.85. The van der Waals surface area contributed by atoms with E-state index in [2.05, 4.69) is 15.9 Å². The highest BCUT2D eigenvalue weighted by Gasteiger charge is 2.26. The number of carbonyl (C=O) groups is 1. The predicted octanol–water partition coefficient (Wildman–Crippen LogP) is 5.25. The second kappa shape index (κ2) is 6.41. The van der Waals surface area contributed by atoms with Gasteiger partial charge in [0, 0.05) is 25.6 Å². The van der Waals surface area contributed by atoms with Gasteiger partial charge in [-0.15, -0.1) is 0 Å². The fraction of sp³-hybridized carbons (Fsp3) is 0.0667. The lowest BCUT2D eigenvalue weighted by atomic mass is 9.92. The summed E-state index contributed by atoms with van der Waals surface area (Å²) in [6.45, 7) is 0. The first-order chi connectivity index (χ1) is 9.54. The third kappa shape index (κ3) is 3.04. The third-order valence-corrected chi connectivity index (χ3v) is 3.94. The summed E-state index contributed by atoms with van der Waals surface area (Å²) in [5.41, 5.74) is 0.783. The number of rotatable bonds is 3. The molecule has 2 aromatic rings. The largest absolute Gasteiger partial charge is 0.292 e. The minimum Gasteiger partial charge on any atom is -0.292 e. The van der Waals surface area contributed by atoms with E-state index in [9.17, 15) is 10.1 Å². The maximum atomic E-state index is 12.5. The van der Waals surface area contributed by atoms with Crippen molar-refractivity contribution in [3.63, 3.8) is 0 Å². The Balaban J connectivity index is 2.49. The molecule has 0 aliphatic carbocycles. The van der Waals surface area contributed by atoms with Crippen LogP contribution >= 0.6 is 39.1 Å². The Morgan fingerprint density at radius 3 is 2.30 bits per heavy atom. The summed E-state index contributed by atoms with van der Waals surface area (Å²) in [6, 6.07) is 13.7. The van der Waals surface area contributed by atoms with E-state index in [1.165, 1.54) is 0 Å². The van der Waals surface area contributed by atoms with Crippen molar-refractivity contribution in [3.05, 3.63) is 68.1 Å². The molecule has 2 aromatic carbocycles. The molecule has 100 valence electrons. The summed E-state index contributed by atoms with van der Waals surface area (Å²) in [4.78, 5) is 12.5. The van der Waals surface area contributed by atoms with E-state index in [0.29, 0.717) is 21.2 Å². The molecule has 0 bridgehead atoms. The van der Waals surface area contributed by atoms with Crippen LogP contribution in [0, 0.1) is 11.3 Å². The first kappa shape index (κ1) is 15.1. The Morgan fingerprint density at radius 2 is 1.75 bits per heavy atom. The zero-order valence-electron chi connectivity index (χ0n) is 10.1. The van der Waals surface area contributed by atoms with E-state index in [1.54, 1.807) is 42.5 Å². The van der Waals surface area contributed by atoms with Crippen LogP contribution in [0.25, 0.3) is 0 Å². The third-order valence-electron chi connectivity index (χ3n) is 2.79. The number of hydrogen-bond donors (Lipinski definition) is 0. The van der Waals surface area contributed by atoms with Gasteiger partial charge in [-0.25, -0.2) is 0 Å². The molecule has 20 heavy (non-hydrogen) atoms. The molecule has 0 aliphatic rings. The van der Waals surface area contributed by atoms with Crippen LogP contribution in [0.2, 0.25) is 10.0 Å². The number of Topliss-reactive ketones (excluding diaryl/α,β-unsaturated/α-hetero) is 1. The first-order valence-corrected chi connectivity index (χ1v) is 7.23. The van der Waals surface area contributed by atoms with Crippen molar-refractivity contribution < 1.29 is 4.79 Å². The van der Waals surface area contributed by atoms with Crippen molar-refractivity contribution >= 4 is 44.9 Å². The highest BCUT2D eigenvalue weighted by molar-refractivity contribution is 9.10. The Bertz CT molecular complexity index is 689. The number of ketones is 1. The number of carbonyl (C=O) groups excluding carboxylic acids is 1. The van der Waals surface area contributed by atoms with Crippen LogP contribution in [-0.2, 0) is 0 Å². The summed E-state index contributed by atoms with van der Waals surface area (Å²) >= 11 is 15.4. The first-order valence-electron chi connectivity index (χ1n) is 5.68. The summed E-state index contributed by atoms with van der Waals surface area (Å²) in [5, 5.41) is 9.95. The highest BCUT2D eigenvalue weighted by Crippen LogP contribution is 2.33. The van der Waals surface area contributed by atoms with Gasteiger partial charge in [-0.05, 0) is 24.3 Å². The Labute approximate surface area is 135 Å². The molecule has 1 atom stereocenters. The predicted molar refractivity (Wildman–Crippen MR) is 83.3 cm³/mol. The zero-order chi connectivity index (χ0) is 14.7. The molecule has 0 amide bonds. The minimum atomic E-state index is -1.02. The van der Waals surface area contributed by atoms with Crippen LogP contribution < -0.4 is 0 Å². The van der Waals surface area contributed by atoms with E-state index in [4.69, 9.17) is 23.2 Å². The van der Waals surface area contributed by atoms with Crippen LogP contribution in [0.3, 0.4) is 0 Å². The van der Waals surface area contributed by atoms with Gasteiger partial charge >= 0.3 is 0 Å². The Kier molecular flexibility index (Phi) is 4.82. The summed E-state index contributed by atoms with van der Waals surface area (Å²) in [6.07, 6.45) is 0. The second-order valence-corrected chi connectivity index (χ2v) is 5.80. The molecule has 0 saturated carbocycles. The fourth-order valence-corrected chi connectivity index (χ4v) is 2.86. The van der Waals surface area contributed by atoms with E-state index in [-0.39, 0.29) is 5.78 Å². The van der Waals surface area contributed by atoms with Gasteiger partial charge in [0.25, 0.3) is 0 Å². The molecule has 5 heteroatoms. The number of nitrogens with zero attached hydrogens (tertiary/aromatic N) is 1. The topological polar surface area (TPSA) is 40.9 Å². The van der Waals surface area contributed by atoms with Crippen LogP contribution in [0.1, 0.15) is 21.8 Å². The van der Waals surface area contributed by atoms with Crippen LogP contribution in [0.5, 0.6) is 0 Å². The molecule has 0 aliphatic heterocycles. The smallest absolute Gasteiger partial charge is 0.184 e. The lowest BCUT2D eigenvalue weighted by Gasteiger charge is -2.12. The lowest BCUT2D eigenvalue weighted by molar-refractivity contribution is 0.0979.